The van der Waals surface area contributed by atoms with E-state index in [2.05, 4.69) is 6.07 Å². The Morgan fingerprint density at radius 2 is 1.93 bits per heavy atom. The van der Waals surface area contributed by atoms with Gasteiger partial charge >= 0.3 is 0 Å². The van der Waals surface area contributed by atoms with Crippen LogP contribution in [0.5, 0.6) is 11.5 Å². The van der Waals surface area contributed by atoms with Gasteiger partial charge in [-0.05, 0) is 12.1 Å². The number of methoxy groups -OCH3 is 3. The molecule has 0 heterocycles. The Hall–Kier alpha value is -1.73. The number of rotatable bonds is 4. The molecule has 80 valence electrons. The quantitative estimate of drug-likeness (QED) is 0.754. The monoisotopic (exact) mass is 207 g/mol. The van der Waals surface area contributed by atoms with Gasteiger partial charge < -0.3 is 14.2 Å². The summed E-state index contributed by atoms with van der Waals surface area (Å²) in [4.78, 5) is 0. The average molecular weight is 207 g/mol. The molecule has 4 heteroatoms. The Morgan fingerprint density at radius 1 is 1.20 bits per heavy atom. The molecule has 15 heavy (non-hydrogen) atoms. The van der Waals surface area contributed by atoms with E-state index >= 15 is 0 Å². The van der Waals surface area contributed by atoms with E-state index in [0.29, 0.717) is 29.2 Å². The Kier molecular flexibility index (Phi) is 3.95. The van der Waals surface area contributed by atoms with E-state index in [1.807, 2.05) is 0 Å². The largest absolute Gasteiger partial charge is 0.493 e. The van der Waals surface area contributed by atoms with Crippen molar-refractivity contribution < 1.29 is 14.2 Å². The maximum absolute atomic E-state index is 8.93. The van der Waals surface area contributed by atoms with Crippen LogP contribution in [-0.4, -0.2) is 21.3 Å². The lowest BCUT2D eigenvalue weighted by Crippen LogP contribution is -2.00. The molecule has 0 amide bonds. The summed E-state index contributed by atoms with van der Waals surface area (Å²) in [5.41, 5.74) is 1.25. The van der Waals surface area contributed by atoms with E-state index < -0.39 is 0 Å². The first-order valence-corrected chi connectivity index (χ1v) is 4.41. The summed E-state index contributed by atoms with van der Waals surface area (Å²) in [6.45, 7) is 0.323. The Morgan fingerprint density at radius 3 is 2.40 bits per heavy atom. The van der Waals surface area contributed by atoms with Gasteiger partial charge in [-0.25, -0.2) is 0 Å². The number of ether oxygens (including phenoxy) is 3. The van der Waals surface area contributed by atoms with Crippen LogP contribution in [0.15, 0.2) is 12.1 Å². The van der Waals surface area contributed by atoms with Gasteiger partial charge in [0.2, 0.25) is 0 Å². The number of benzene rings is 1. The summed E-state index contributed by atoms with van der Waals surface area (Å²) in [6, 6.07) is 5.49. The van der Waals surface area contributed by atoms with Crippen LogP contribution in [0.25, 0.3) is 0 Å². The molecule has 0 saturated heterocycles. The molecular weight excluding hydrogens is 194 g/mol. The topological polar surface area (TPSA) is 51.5 Å². The summed E-state index contributed by atoms with van der Waals surface area (Å²) >= 11 is 0. The van der Waals surface area contributed by atoms with Crippen LogP contribution in [-0.2, 0) is 11.3 Å². The van der Waals surface area contributed by atoms with Crippen LogP contribution in [0.4, 0.5) is 0 Å². The molecule has 1 aromatic carbocycles. The van der Waals surface area contributed by atoms with Gasteiger partial charge in [-0.15, -0.1) is 0 Å². The van der Waals surface area contributed by atoms with Gasteiger partial charge in [0.1, 0.15) is 0 Å². The van der Waals surface area contributed by atoms with Crippen molar-refractivity contribution in [2.75, 3.05) is 21.3 Å². The predicted octanol–water partition coefficient (Wildman–Crippen LogP) is 1.72. The van der Waals surface area contributed by atoms with Gasteiger partial charge in [-0.3, -0.25) is 0 Å². The maximum Gasteiger partial charge on any atom is 0.167 e. The first-order valence-electron chi connectivity index (χ1n) is 4.41. The van der Waals surface area contributed by atoms with Crippen molar-refractivity contribution in [2.45, 2.75) is 6.61 Å². The normalized spacial score (nSPS) is 9.47. The van der Waals surface area contributed by atoms with E-state index in [1.54, 1.807) is 26.4 Å². The minimum Gasteiger partial charge on any atom is -0.493 e. The van der Waals surface area contributed by atoms with E-state index in [9.17, 15) is 0 Å². The molecule has 0 aromatic heterocycles. The lowest BCUT2D eigenvalue weighted by atomic mass is 10.1. The lowest BCUT2D eigenvalue weighted by molar-refractivity contribution is 0.180. The Labute approximate surface area is 89.0 Å². The highest BCUT2D eigenvalue weighted by molar-refractivity contribution is 5.54. The van der Waals surface area contributed by atoms with Crippen LogP contribution in [0.1, 0.15) is 11.1 Å². The van der Waals surface area contributed by atoms with E-state index in [1.165, 1.54) is 7.11 Å². The third-order valence-corrected chi connectivity index (χ3v) is 2.06. The van der Waals surface area contributed by atoms with Crippen LogP contribution in [0.2, 0.25) is 0 Å². The van der Waals surface area contributed by atoms with E-state index in [4.69, 9.17) is 19.5 Å². The second-order valence-electron chi connectivity index (χ2n) is 2.87. The highest BCUT2D eigenvalue weighted by Gasteiger charge is 2.14. The first-order chi connectivity index (χ1) is 7.28. The smallest absolute Gasteiger partial charge is 0.167 e. The minimum absolute atomic E-state index is 0.323. The molecule has 0 unspecified atom stereocenters. The number of hydrogen-bond donors (Lipinski definition) is 0. The summed E-state index contributed by atoms with van der Waals surface area (Å²) < 4.78 is 15.4. The molecule has 0 fully saturated rings. The van der Waals surface area contributed by atoms with Crippen molar-refractivity contribution in [2.24, 2.45) is 0 Å². The lowest BCUT2D eigenvalue weighted by Gasteiger charge is -2.13. The molecule has 0 bridgehead atoms. The molecule has 0 radical (unpaired) electrons. The van der Waals surface area contributed by atoms with Gasteiger partial charge in [0.15, 0.2) is 11.5 Å². The van der Waals surface area contributed by atoms with Crippen molar-refractivity contribution in [1.29, 1.82) is 5.26 Å². The summed E-state index contributed by atoms with van der Waals surface area (Å²) in [5.74, 6) is 1.15. The number of nitrogens with zero attached hydrogens (tertiary/aromatic N) is 1. The third kappa shape index (κ3) is 2.20. The zero-order valence-corrected chi connectivity index (χ0v) is 9.03. The van der Waals surface area contributed by atoms with Crippen LogP contribution in [0, 0.1) is 11.3 Å². The molecule has 1 aromatic rings. The first kappa shape index (κ1) is 11.3. The van der Waals surface area contributed by atoms with Crippen LogP contribution in [0.3, 0.4) is 0 Å². The fourth-order valence-corrected chi connectivity index (χ4v) is 1.38. The predicted molar refractivity (Wildman–Crippen MR) is 55.0 cm³/mol. The van der Waals surface area contributed by atoms with Crippen LogP contribution >= 0.6 is 0 Å². The summed E-state index contributed by atoms with van der Waals surface area (Å²) in [7, 11) is 4.67. The molecule has 1 rings (SSSR count). The molecule has 4 nitrogen and oxygen atoms in total. The van der Waals surface area contributed by atoms with E-state index in [0.717, 1.165) is 0 Å². The van der Waals surface area contributed by atoms with Gasteiger partial charge in [-0.1, -0.05) is 0 Å². The highest BCUT2D eigenvalue weighted by atomic mass is 16.5. The minimum atomic E-state index is 0.323. The molecule has 0 spiro atoms. The molecule has 0 saturated carbocycles. The summed E-state index contributed by atoms with van der Waals surface area (Å²) in [5, 5.41) is 8.93. The zero-order valence-electron chi connectivity index (χ0n) is 9.03. The van der Waals surface area contributed by atoms with Gasteiger partial charge in [0, 0.05) is 12.7 Å². The van der Waals surface area contributed by atoms with Gasteiger partial charge in [0.05, 0.1) is 32.5 Å². The van der Waals surface area contributed by atoms with Gasteiger partial charge in [-0.2, -0.15) is 5.26 Å². The van der Waals surface area contributed by atoms with Crippen molar-refractivity contribution >= 4 is 0 Å². The highest BCUT2D eigenvalue weighted by Crippen LogP contribution is 2.33. The molecule has 0 aliphatic carbocycles. The SMILES string of the molecule is COCc1c(C#N)ccc(OC)c1OC. The standard InChI is InChI=1S/C11H13NO3/c1-13-7-9-8(6-12)4-5-10(14-2)11(9)15-3/h4-5H,7H2,1-3H3. The van der Waals surface area contributed by atoms with Gasteiger partial charge in [0.25, 0.3) is 0 Å². The Bertz CT molecular complexity index is 382. The zero-order chi connectivity index (χ0) is 11.3. The van der Waals surface area contributed by atoms with Crippen molar-refractivity contribution in [3.63, 3.8) is 0 Å². The molecular formula is C11H13NO3. The molecule has 0 atom stereocenters. The number of nitriles is 1. The fraction of sp³-hybridized carbons (Fsp3) is 0.364. The molecule has 0 N–H and O–H groups in total. The fourth-order valence-electron chi connectivity index (χ4n) is 1.38. The van der Waals surface area contributed by atoms with Crippen LogP contribution < -0.4 is 9.47 Å². The summed E-state index contributed by atoms with van der Waals surface area (Å²) in [6.07, 6.45) is 0. The third-order valence-electron chi connectivity index (χ3n) is 2.06. The Balaban J connectivity index is 3.32. The second kappa shape index (κ2) is 5.23. The molecule has 0 aliphatic heterocycles. The maximum atomic E-state index is 8.93. The average Bonchev–Trinajstić information content (AvgIpc) is 2.28. The second-order valence-corrected chi connectivity index (χ2v) is 2.87. The molecule has 0 aliphatic rings. The van der Waals surface area contributed by atoms with Crippen molar-refractivity contribution in [3.8, 4) is 17.6 Å². The van der Waals surface area contributed by atoms with Crippen molar-refractivity contribution in [3.05, 3.63) is 23.3 Å². The van der Waals surface area contributed by atoms with Crippen molar-refractivity contribution in [1.82, 2.24) is 0 Å². The van der Waals surface area contributed by atoms with E-state index in [-0.39, 0.29) is 0 Å². The number of hydrogen-bond acceptors (Lipinski definition) is 4.